The molecule has 1 nitrogen and oxygen atoms in total. The molecule has 0 aliphatic carbocycles. The van der Waals surface area contributed by atoms with Gasteiger partial charge in [0.1, 0.15) is 0 Å². The minimum Gasteiger partial charge on any atom is -0.395 e. The second kappa shape index (κ2) is 6.26. The molecule has 8 heavy (non-hydrogen) atoms. The monoisotopic (exact) mass is 110 g/mol. The third kappa shape index (κ3) is 5.26. The molecule has 0 aliphatic rings. The van der Waals surface area contributed by atoms with Crippen molar-refractivity contribution >= 4 is 0 Å². The molecule has 0 atom stereocenters. The number of aliphatic hydroxyl groups is 1. The molecule has 1 N–H and O–H groups in total. The van der Waals surface area contributed by atoms with Crippen molar-refractivity contribution in [1.82, 2.24) is 0 Å². The van der Waals surface area contributed by atoms with Gasteiger partial charge < -0.3 is 5.11 Å². The van der Waals surface area contributed by atoms with Crippen LogP contribution < -0.4 is 0 Å². The van der Waals surface area contributed by atoms with Crippen LogP contribution in [0.4, 0.5) is 0 Å². The Bertz CT molecular complexity index is 105. The van der Waals surface area contributed by atoms with Crippen LogP contribution in [0.2, 0.25) is 0 Å². The summed E-state index contributed by atoms with van der Waals surface area (Å²) in [6.45, 7) is 3.65. The topological polar surface area (TPSA) is 20.2 Å². The Morgan fingerprint density at radius 3 is 2.75 bits per heavy atom. The van der Waals surface area contributed by atoms with E-state index in [1.54, 1.807) is 6.08 Å². The van der Waals surface area contributed by atoms with E-state index in [0.29, 0.717) is 6.42 Å². The first-order valence-corrected chi connectivity index (χ1v) is 2.59. The molecule has 0 spiro atoms. The lowest BCUT2D eigenvalue weighted by atomic mass is 10.4. The molecule has 0 saturated carbocycles. The van der Waals surface area contributed by atoms with E-state index in [1.165, 1.54) is 0 Å². The highest BCUT2D eigenvalue weighted by molar-refractivity contribution is 5.02. The molecule has 44 valence electrons. The van der Waals surface area contributed by atoms with Gasteiger partial charge in [0, 0.05) is 12.8 Å². The smallest absolute Gasteiger partial charge is 0.0540 e. The van der Waals surface area contributed by atoms with Crippen LogP contribution in [0.25, 0.3) is 0 Å². The van der Waals surface area contributed by atoms with E-state index in [2.05, 4.69) is 18.4 Å². The van der Waals surface area contributed by atoms with Crippen LogP contribution in [-0.4, -0.2) is 11.7 Å². The van der Waals surface area contributed by atoms with Crippen molar-refractivity contribution in [3.63, 3.8) is 0 Å². The fourth-order valence-corrected chi connectivity index (χ4v) is 0.289. The summed E-state index contributed by atoms with van der Waals surface area (Å²) in [6.07, 6.45) is 3.04. The molecule has 0 bridgehead atoms. The molecule has 0 aromatic carbocycles. The first-order chi connectivity index (χ1) is 3.91. The molecule has 0 fully saturated rings. The fraction of sp³-hybridized carbons (Fsp3) is 0.429. The van der Waals surface area contributed by atoms with Crippen LogP contribution in [0.1, 0.15) is 12.8 Å². The van der Waals surface area contributed by atoms with Gasteiger partial charge in [-0.2, -0.15) is 0 Å². The Labute approximate surface area is 50.0 Å². The van der Waals surface area contributed by atoms with Crippen molar-refractivity contribution in [2.45, 2.75) is 12.8 Å². The lowest BCUT2D eigenvalue weighted by molar-refractivity contribution is 0.305. The van der Waals surface area contributed by atoms with Gasteiger partial charge in [0.2, 0.25) is 0 Å². The quantitative estimate of drug-likeness (QED) is 0.414. The zero-order chi connectivity index (χ0) is 6.24. The fourth-order valence-electron chi connectivity index (χ4n) is 0.289. The minimum absolute atomic E-state index is 0.157. The highest BCUT2D eigenvalue weighted by Crippen LogP contribution is 1.75. The normalized spacial score (nSPS) is 7.12. The Hall–Kier alpha value is -0.740. The first kappa shape index (κ1) is 7.26. The van der Waals surface area contributed by atoms with Crippen molar-refractivity contribution in [1.29, 1.82) is 0 Å². The van der Waals surface area contributed by atoms with Gasteiger partial charge in [-0.05, 0) is 0 Å². The van der Waals surface area contributed by atoms with Crippen LogP contribution in [0, 0.1) is 11.8 Å². The second-order valence-corrected chi connectivity index (χ2v) is 1.32. The lowest BCUT2D eigenvalue weighted by Gasteiger charge is -1.75. The van der Waals surface area contributed by atoms with E-state index in [-0.39, 0.29) is 6.61 Å². The predicted molar refractivity (Wildman–Crippen MR) is 34.3 cm³/mol. The number of rotatable bonds is 2. The van der Waals surface area contributed by atoms with E-state index < -0.39 is 0 Å². The van der Waals surface area contributed by atoms with Crippen LogP contribution in [0.3, 0.4) is 0 Å². The zero-order valence-corrected chi connectivity index (χ0v) is 4.85. The Morgan fingerprint density at radius 1 is 1.50 bits per heavy atom. The van der Waals surface area contributed by atoms with Crippen molar-refractivity contribution in [2.24, 2.45) is 0 Å². The Morgan fingerprint density at radius 2 is 2.25 bits per heavy atom. The van der Waals surface area contributed by atoms with Gasteiger partial charge >= 0.3 is 0 Å². The Balaban J connectivity index is 3.07. The lowest BCUT2D eigenvalue weighted by Crippen LogP contribution is -1.74. The van der Waals surface area contributed by atoms with Crippen molar-refractivity contribution in [2.75, 3.05) is 6.61 Å². The highest BCUT2D eigenvalue weighted by Gasteiger charge is 1.68. The molecular formula is C7H10O. The number of hydrogen-bond acceptors (Lipinski definition) is 1. The predicted octanol–water partition coefficient (Wildman–Crippen LogP) is 0.948. The SMILES string of the molecule is C=CCC#CCCO. The summed E-state index contributed by atoms with van der Waals surface area (Å²) < 4.78 is 0. The maximum Gasteiger partial charge on any atom is 0.0540 e. The molecule has 0 saturated heterocycles. The van der Waals surface area contributed by atoms with E-state index in [0.717, 1.165) is 6.42 Å². The summed E-state index contributed by atoms with van der Waals surface area (Å²) in [5, 5.41) is 8.24. The van der Waals surface area contributed by atoms with Gasteiger partial charge in [-0.25, -0.2) is 0 Å². The number of hydrogen-bond donors (Lipinski definition) is 1. The van der Waals surface area contributed by atoms with Gasteiger partial charge in [-0.15, -0.1) is 12.5 Å². The molecular weight excluding hydrogens is 100 g/mol. The molecule has 0 rings (SSSR count). The van der Waals surface area contributed by atoms with Crippen LogP contribution in [0.5, 0.6) is 0 Å². The maximum absolute atomic E-state index is 8.24. The Kier molecular flexibility index (Phi) is 5.68. The van der Waals surface area contributed by atoms with Crippen LogP contribution >= 0.6 is 0 Å². The van der Waals surface area contributed by atoms with Gasteiger partial charge in [0.25, 0.3) is 0 Å². The molecule has 0 aromatic rings. The summed E-state index contributed by atoms with van der Waals surface area (Å²) >= 11 is 0. The molecule has 0 unspecified atom stereocenters. The van der Waals surface area contributed by atoms with Gasteiger partial charge in [-0.1, -0.05) is 12.0 Å². The summed E-state index contributed by atoms with van der Waals surface area (Å²) in [6, 6.07) is 0. The summed E-state index contributed by atoms with van der Waals surface area (Å²) in [7, 11) is 0. The van der Waals surface area contributed by atoms with E-state index in [4.69, 9.17) is 5.11 Å². The van der Waals surface area contributed by atoms with E-state index in [9.17, 15) is 0 Å². The third-order valence-electron chi connectivity index (χ3n) is 0.608. The molecule has 0 amide bonds. The van der Waals surface area contributed by atoms with Crippen molar-refractivity contribution < 1.29 is 5.11 Å². The van der Waals surface area contributed by atoms with Crippen molar-refractivity contribution in [3.05, 3.63) is 12.7 Å². The third-order valence-corrected chi connectivity index (χ3v) is 0.608. The summed E-state index contributed by atoms with van der Waals surface area (Å²) in [4.78, 5) is 0. The van der Waals surface area contributed by atoms with Crippen molar-refractivity contribution in [3.8, 4) is 11.8 Å². The number of aliphatic hydroxyl groups excluding tert-OH is 1. The standard InChI is InChI=1S/C7H10O/c1-2-3-4-5-6-7-8/h2,8H,1,3,6-7H2. The van der Waals surface area contributed by atoms with E-state index >= 15 is 0 Å². The highest BCUT2D eigenvalue weighted by atomic mass is 16.2. The molecule has 0 aromatic heterocycles. The maximum atomic E-state index is 8.24. The van der Waals surface area contributed by atoms with Gasteiger partial charge in [0.05, 0.1) is 6.61 Å². The van der Waals surface area contributed by atoms with Gasteiger partial charge in [0.15, 0.2) is 0 Å². The molecule has 1 heteroatoms. The second-order valence-electron chi connectivity index (χ2n) is 1.32. The average molecular weight is 110 g/mol. The molecule has 0 heterocycles. The number of allylic oxidation sites excluding steroid dienone is 1. The van der Waals surface area contributed by atoms with Crippen LogP contribution in [0.15, 0.2) is 12.7 Å². The zero-order valence-electron chi connectivity index (χ0n) is 4.85. The summed E-state index contributed by atoms with van der Waals surface area (Å²) in [5.74, 6) is 5.57. The first-order valence-electron chi connectivity index (χ1n) is 2.59. The molecule has 0 aliphatic heterocycles. The largest absolute Gasteiger partial charge is 0.395 e. The molecule has 0 radical (unpaired) electrons. The van der Waals surface area contributed by atoms with E-state index in [1.807, 2.05) is 0 Å². The average Bonchev–Trinajstić information content (AvgIpc) is 1.81. The van der Waals surface area contributed by atoms with Gasteiger partial charge in [-0.3, -0.25) is 0 Å². The minimum atomic E-state index is 0.157. The summed E-state index contributed by atoms with van der Waals surface area (Å²) in [5.41, 5.74) is 0. The van der Waals surface area contributed by atoms with Crippen LogP contribution in [-0.2, 0) is 0 Å².